The van der Waals surface area contributed by atoms with Gasteiger partial charge in [-0.15, -0.1) is 0 Å². The van der Waals surface area contributed by atoms with Crippen LogP contribution < -0.4 is 0 Å². The number of hydrogen-bond acceptors (Lipinski definition) is 4. The van der Waals surface area contributed by atoms with Crippen LogP contribution >= 0.6 is 0 Å². The molecule has 0 bridgehead atoms. The molecular weight excluding hydrogens is 208 g/mol. The molecule has 1 unspecified atom stereocenters. The van der Waals surface area contributed by atoms with Gasteiger partial charge in [-0.05, 0) is 27.7 Å². The molecule has 1 N–H and O–H groups in total. The molecular formula is C11H18N2O3. The Labute approximate surface area is 95.0 Å². The van der Waals surface area contributed by atoms with Gasteiger partial charge in [-0.25, -0.2) is 0 Å². The third-order valence-corrected chi connectivity index (χ3v) is 2.18. The zero-order chi connectivity index (χ0) is 12.3. The predicted molar refractivity (Wildman–Crippen MR) is 59.1 cm³/mol. The molecule has 16 heavy (non-hydrogen) atoms. The third kappa shape index (κ3) is 3.06. The number of carbonyl (C=O) groups excluding carboxylic acids is 1. The highest BCUT2D eigenvalue weighted by molar-refractivity contribution is 5.91. The van der Waals surface area contributed by atoms with Crippen molar-refractivity contribution in [3.8, 4) is 0 Å². The van der Waals surface area contributed by atoms with Crippen LogP contribution in [0.3, 0.4) is 0 Å². The van der Waals surface area contributed by atoms with Crippen molar-refractivity contribution in [2.75, 3.05) is 6.54 Å². The molecule has 90 valence electrons. The zero-order valence-corrected chi connectivity index (χ0v) is 10.1. The van der Waals surface area contributed by atoms with E-state index in [9.17, 15) is 9.90 Å². The van der Waals surface area contributed by atoms with E-state index in [0.29, 0.717) is 5.69 Å². The molecule has 0 fully saturated rings. The van der Waals surface area contributed by atoms with E-state index in [-0.39, 0.29) is 24.3 Å². The van der Waals surface area contributed by atoms with Crippen LogP contribution in [0.4, 0.5) is 0 Å². The van der Waals surface area contributed by atoms with Gasteiger partial charge in [0.25, 0.3) is 5.91 Å². The summed E-state index contributed by atoms with van der Waals surface area (Å²) in [6, 6.07) is 1.60. The second-order valence-electron chi connectivity index (χ2n) is 4.23. The molecule has 0 aliphatic heterocycles. The second kappa shape index (κ2) is 5.12. The normalized spacial score (nSPS) is 12.9. The summed E-state index contributed by atoms with van der Waals surface area (Å²) in [6.45, 7) is 7.48. The minimum absolute atomic E-state index is 0.00695. The van der Waals surface area contributed by atoms with E-state index in [1.165, 1.54) is 0 Å². The smallest absolute Gasteiger partial charge is 0.292 e. The molecule has 1 aromatic heterocycles. The molecule has 0 aromatic carbocycles. The molecule has 1 aromatic rings. The van der Waals surface area contributed by atoms with Crippen molar-refractivity contribution >= 4 is 5.91 Å². The van der Waals surface area contributed by atoms with E-state index in [4.69, 9.17) is 4.52 Å². The first-order valence-electron chi connectivity index (χ1n) is 5.34. The van der Waals surface area contributed by atoms with Crippen LogP contribution in [0.2, 0.25) is 0 Å². The average Bonchev–Trinajstić information content (AvgIpc) is 2.59. The Kier molecular flexibility index (Phi) is 4.06. The Morgan fingerprint density at radius 3 is 2.56 bits per heavy atom. The fraction of sp³-hybridized carbons (Fsp3) is 0.636. The number of aliphatic hydroxyl groups excluding tert-OH is 1. The van der Waals surface area contributed by atoms with E-state index in [0.717, 1.165) is 0 Å². The highest BCUT2D eigenvalue weighted by atomic mass is 16.5. The summed E-state index contributed by atoms with van der Waals surface area (Å²) in [4.78, 5) is 13.6. The molecule has 1 rings (SSSR count). The number of hydrogen-bond donors (Lipinski definition) is 1. The van der Waals surface area contributed by atoms with E-state index in [1.807, 2.05) is 13.8 Å². The van der Waals surface area contributed by atoms with Crippen LogP contribution in [0.15, 0.2) is 10.6 Å². The number of nitrogens with zero attached hydrogens (tertiary/aromatic N) is 2. The molecule has 0 spiro atoms. The highest BCUT2D eigenvalue weighted by Crippen LogP contribution is 2.10. The molecule has 5 nitrogen and oxygen atoms in total. The molecule has 1 amide bonds. The van der Waals surface area contributed by atoms with Crippen LogP contribution in [-0.4, -0.2) is 39.8 Å². The van der Waals surface area contributed by atoms with Gasteiger partial charge in [0.15, 0.2) is 0 Å². The van der Waals surface area contributed by atoms with E-state index >= 15 is 0 Å². The van der Waals surface area contributed by atoms with Crippen LogP contribution in [0, 0.1) is 6.92 Å². The average molecular weight is 226 g/mol. The van der Waals surface area contributed by atoms with Crippen LogP contribution in [0.1, 0.15) is 37.0 Å². The first kappa shape index (κ1) is 12.7. The summed E-state index contributed by atoms with van der Waals surface area (Å²) < 4.78 is 4.92. The third-order valence-electron chi connectivity index (χ3n) is 2.18. The maximum atomic E-state index is 12.0. The lowest BCUT2D eigenvalue weighted by Crippen LogP contribution is -2.41. The van der Waals surface area contributed by atoms with Gasteiger partial charge in [0, 0.05) is 18.7 Å². The van der Waals surface area contributed by atoms with Crippen molar-refractivity contribution in [3.05, 3.63) is 17.5 Å². The summed E-state index contributed by atoms with van der Waals surface area (Å²) in [6.07, 6.45) is -0.560. The summed E-state index contributed by atoms with van der Waals surface area (Å²) in [5, 5.41) is 13.0. The van der Waals surface area contributed by atoms with Gasteiger partial charge in [-0.3, -0.25) is 4.79 Å². The number of aryl methyl sites for hydroxylation is 1. The Morgan fingerprint density at radius 1 is 1.56 bits per heavy atom. The van der Waals surface area contributed by atoms with Crippen molar-refractivity contribution in [2.24, 2.45) is 0 Å². The van der Waals surface area contributed by atoms with Crippen LogP contribution in [-0.2, 0) is 0 Å². The Hall–Kier alpha value is -1.36. The Balaban J connectivity index is 2.83. The van der Waals surface area contributed by atoms with Gasteiger partial charge in [0.2, 0.25) is 5.76 Å². The number of amides is 1. The maximum Gasteiger partial charge on any atom is 0.292 e. The summed E-state index contributed by atoms with van der Waals surface area (Å²) in [5.41, 5.74) is 0.670. The molecule has 0 aliphatic carbocycles. The standard InChI is InChI=1S/C11H18N2O3/c1-7(2)13(6-9(4)14)11(15)10-5-8(3)12-16-10/h5,7,9,14H,6H2,1-4H3. The van der Waals surface area contributed by atoms with Crippen molar-refractivity contribution in [1.82, 2.24) is 10.1 Å². The van der Waals surface area contributed by atoms with E-state index in [2.05, 4.69) is 5.16 Å². The number of carbonyl (C=O) groups is 1. The molecule has 1 atom stereocenters. The van der Waals surface area contributed by atoms with Crippen LogP contribution in [0.5, 0.6) is 0 Å². The quantitative estimate of drug-likeness (QED) is 0.838. The molecule has 0 radical (unpaired) electrons. The predicted octanol–water partition coefficient (Wildman–Crippen LogP) is 1.21. The van der Waals surface area contributed by atoms with Crippen molar-refractivity contribution in [3.63, 3.8) is 0 Å². The maximum absolute atomic E-state index is 12.0. The lowest BCUT2D eigenvalue weighted by molar-refractivity contribution is 0.0540. The number of rotatable bonds is 4. The van der Waals surface area contributed by atoms with Gasteiger partial charge >= 0.3 is 0 Å². The monoisotopic (exact) mass is 226 g/mol. The zero-order valence-electron chi connectivity index (χ0n) is 10.1. The number of aromatic nitrogens is 1. The Morgan fingerprint density at radius 2 is 2.19 bits per heavy atom. The largest absolute Gasteiger partial charge is 0.392 e. The van der Waals surface area contributed by atoms with Crippen molar-refractivity contribution in [1.29, 1.82) is 0 Å². The van der Waals surface area contributed by atoms with Gasteiger partial charge in [0.05, 0.1) is 11.8 Å². The molecule has 0 aliphatic rings. The molecule has 0 saturated heterocycles. The van der Waals surface area contributed by atoms with Gasteiger partial charge in [-0.2, -0.15) is 0 Å². The fourth-order valence-electron chi connectivity index (χ4n) is 1.42. The SMILES string of the molecule is Cc1cc(C(=O)N(CC(C)O)C(C)C)on1. The van der Waals surface area contributed by atoms with Crippen molar-refractivity contribution < 1.29 is 14.4 Å². The summed E-state index contributed by atoms with van der Waals surface area (Å²) in [5.74, 6) is -0.0247. The van der Waals surface area contributed by atoms with Gasteiger partial charge < -0.3 is 14.5 Å². The first-order valence-corrected chi connectivity index (χ1v) is 5.34. The highest BCUT2D eigenvalue weighted by Gasteiger charge is 2.23. The van der Waals surface area contributed by atoms with Gasteiger partial charge in [0.1, 0.15) is 0 Å². The van der Waals surface area contributed by atoms with E-state index < -0.39 is 6.10 Å². The number of aliphatic hydroxyl groups is 1. The first-order chi connectivity index (χ1) is 7.41. The van der Waals surface area contributed by atoms with Crippen LogP contribution in [0.25, 0.3) is 0 Å². The second-order valence-corrected chi connectivity index (χ2v) is 4.23. The summed E-state index contributed by atoms with van der Waals surface area (Å²) >= 11 is 0. The minimum Gasteiger partial charge on any atom is -0.392 e. The minimum atomic E-state index is -0.560. The van der Waals surface area contributed by atoms with Crippen molar-refractivity contribution in [2.45, 2.75) is 39.8 Å². The molecule has 1 heterocycles. The lowest BCUT2D eigenvalue weighted by atomic mass is 10.2. The molecule has 5 heteroatoms. The summed E-state index contributed by atoms with van der Waals surface area (Å²) in [7, 11) is 0. The van der Waals surface area contributed by atoms with Gasteiger partial charge in [-0.1, -0.05) is 5.16 Å². The Bertz CT molecular complexity index is 358. The topological polar surface area (TPSA) is 66.6 Å². The fourth-order valence-corrected chi connectivity index (χ4v) is 1.42. The van der Waals surface area contributed by atoms with E-state index in [1.54, 1.807) is 24.8 Å². The molecule has 0 saturated carbocycles. The lowest BCUT2D eigenvalue weighted by Gasteiger charge is -2.26.